The molecule has 0 rings (SSSR count). The zero-order chi connectivity index (χ0) is 13.9. The van der Waals surface area contributed by atoms with Gasteiger partial charge in [-0.15, -0.1) is 0 Å². The van der Waals surface area contributed by atoms with Gasteiger partial charge in [-0.2, -0.15) is 0 Å². The number of nitrogens with zero attached hydrogens (tertiary/aromatic N) is 1. The lowest BCUT2D eigenvalue weighted by Gasteiger charge is -2.24. The average Bonchev–Trinajstić information content (AvgIpc) is 2.40. The molecule has 0 aromatic rings. The second-order valence-corrected chi connectivity index (χ2v) is 8.91. The van der Waals surface area contributed by atoms with E-state index >= 15 is 0 Å². The summed E-state index contributed by atoms with van der Waals surface area (Å²) in [7, 11) is -1.34. The van der Waals surface area contributed by atoms with E-state index < -0.39 is 7.05 Å². The SMILES string of the molecule is CCCCP(CCCC)(CCCC)=NC(=O)CC. The summed E-state index contributed by atoms with van der Waals surface area (Å²) in [6.07, 6.45) is 11.6. The van der Waals surface area contributed by atoms with Gasteiger partial charge in [0.2, 0.25) is 5.91 Å². The molecule has 0 heterocycles. The third kappa shape index (κ3) is 7.36. The highest BCUT2D eigenvalue weighted by molar-refractivity contribution is 7.66. The summed E-state index contributed by atoms with van der Waals surface area (Å²) >= 11 is 0. The van der Waals surface area contributed by atoms with Gasteiger partial charge in [-0.3, -0.25) is 4.79 Å². The standard InChI is InChI=1S/C15H32NOP/c1-5-9-12-18(13-10-6-2,14-11-7-3)16-15(17)8-4/h5-14H2,1-4H3. The van der Waals surface area contributed by atoms with Crippen LogP contribution in [0.1, 0.15) is 72.6 Å². The molecule has 0 aliphatic rings. The van der Waals surface area contributed by atoms with E-state index in [1.165, 1.54) is 57.0 Å². The van der Waals surface area contributed by atoms with Gasteiger partial charge in [0.15, 0.2) is 0 Å². The molecule has 0 spiro atoms. The lowest BCUT2D eigenvalue weighted by Crippen LogP contribution is -2.04. The van der Waals surface area contributed by atoms with E-state index in [1.807, 2.05) is 6.92 Å². The molecule has 108 valence electrons. The maximum Gasteiger partial charge on any atom is 0.244 e. The Morgan fingerprint density at radius 1 is 0.833 bits per heavy atom. The molecule has 0 bridgehead atoms. The van der Waals surface area contributed by atoms with E-state index in [4.69, 9.17) is 4.74 Å². The summed E-state index contributed by atoms with van der Waals surface area (Å²) in [4.78, 5) is 11.8. The molecule has 0 aliphatic heterocycles. The van der Waals surface area contributed by atoms with Crippen LogP contribution < -0.4 is 0 Å². The topological polar surface area (TPSA) is 29.4 Å². The van der Waals surface area contributed by atoms with Crippen molar-refractivity contribution in [1.82, 2.24) is 0 Å². The third-order valence-corrected chi connectivity index (χ3v) is 7.50. The molecule has 0 saturated carbocycles. The fourth-order valence-corrected chi connectivity index (χ4v) is 6.45. The average molecular weight is 273 g/mol. The normalized spacial score (nSPS) is 11.6. The second-order valence-electron chi connectivity index (χ2n) is 5.17. The van der Waals surface area contributed by atoms with Crippen molar-refractivity contribution in [3.05, 3.63) is 0 Å². The summed E-state index contributed by atoms with van der Waals surface area (Å²) in [6.45, 7) is 8.63. The Morgan fingerprint density at radius 3 is 1.50 bits per heavy atom. The Balaban J connectivity index is 4.96. The number of hydrogen-bond acceptors (Lipinski definition) is 1. The molecule has 0 aromatic heterocycles. The van der Waals surface area contributed by atoms with Crippen molar-refractivity contribution in [2.45, 2.75) is 72.6 Å². The minimum absolute atomic E-state index is 0.145. The van der Waals surface area contributed by atoms with Crippen LogP contribution in [0.3, 0.4) is 0 Å². The van der Waals surface area contributed by atoms with Crippen LogP contribution >= 0.6 is 7.05 Å². The fourth-order valence-electron chi connectivity index (χ4n) is 2.15. The molecule has 0 fully saturated rings. The Hall–Kier alpha value is -0.100. The van der Waals surface area contributed by atoms with Crippen LogP contribution in [0.15, 0.2) is 4.74 Å². The molecular formula is C15H32NOP. The summed E-state index contributed by atoms with van der Waals surface area (Å²) in [6, 6.07) is 0. The van der Waals surface area contributed by atoms with Gasteiger partial charge in [0, 0.05) is 6.42 Å². The Labute approximate surface area is 114 Å². The molecule has 0 atom stereocenters. The highest BCUT2D eigenvalue weighted by Gasteiger charge is 2.19. The summed E-state index contributed by atoms with van der Waals surface area (Å²) in [5.74, 6) is 0.145. The largest absolute Gasteiger partial charge is 0.273 e. The lowest BCUT2D eigenvalue weighted by molar-refractivity contribution is -0.117. The summed E-state index contributed by atoms with van der Waals surface area (Å²) < 4.78 is 4.71. The van der Waals surface area contributed by atoms with Gasteiger partial charge < -0.3 is 0 Å². The van der Waals surface area contributed by atoms with Crippen LogP contribution in [0.2, 0.25) is 0 Å². The van der Waals surface area contributed by atoms with Gasteiger partial charge >= 0.3 is 0 Å². The van der Waals surface area contributed by atoms with Crippen LogP contribution in [0.4, 0.5) is 0 Å². The van der Waals surface area contributed by atoms with Gasteiger partial charge in [0.1, 0.15) is 0 Å². The lowest BCUT2D eigenvalue weighted by atomic mass is 10.4. The van der Waals surface area contributed by atoms with Gasteiger partial charge in [-0.25, -0.2) is 4.74 Å². The van der Waals surface area contributed by atoms with E-state index in [2.05, 4.69) is 20.8 Å². The number of carbonyl (C=O) groups is 1. The molecule has 3 heteroatoms. The first kappa shape index (κ1) is 17.9. The van der Waals surface area contributed by atoms with Gasteiger partial charge in [-0.05, 0) is 44.8 Å². The molecule has 0 unspecified atom stereocenters. The zero-order valence-electron chi connectivity index (χ0n) is 12.9. The quantitative estimate of drug-likeness (QED) is 0.481. The number of carbonyl (C=O) groups excluding carboxylic acids is 1. The van der Waals surface area contributed by atoms with Crippen molar-refractivity contribution in [3.63, 3.8) is 0 Å². The summed E-state index contributed by atoms with van der Waals surface area (Å²) in [5, 5.41) is 0. The number of unbranched alkanes of at least 4 members (excludes halogenated alkanes) is 3. The zero-order valence-corrected chi connectivity index (χ0v) is 13.8. The number of rotatable bonds is 10. The van der Waals surface area contributed by atoms with E-state index in [-0.39, 0.29) is 5.91 Å². The smallest absolute Gasteiger partial charge is 0.244 e. The van der Waals surface area contributed by atoms with E-state index in [9.17, 15) is 4.79 Å². The highest BCUT2D eigenvalue weighted by Crippen LogP contribution is 2.52. The first-order valence-electron chi connectivity index (χ1n) is 7.76. The third-order valence-electron chi connectivity index (χ3n) is 3.41. The fraction of sp³-hybridized carbons (Fsp3) is 0.933. The van der Waals surface area contributed by atoms with Crippen LogP contribution in [0.25, 0.3) is 0 Å². The van der Waals surface area contributed by atoms with Crippen molar-refractivity contribution in [2.75, 3.05) is 18.5 Å². The second kappa shape index (κ2) is 10.8. The molecule has 0 saturated heterocycles. The molecule has 0 radical (unpaired) electrons. The molecule has 18 heavy (non-hydrogen) atoms. The first-order valence-corrected chi connectivity index (χ1v) is 10.1. The molecular weight excluding hydrogens is 241 g/mol. The number of hydrogen-bond donors (Lipinski definition) is 0. The minimum Gasteiger partial charge on any atom is -0.273 e. The van der Waals surface area contributed by atoms with Gasteiger partial charge in [0.25, 0.3) is 0 Å². The predicted molar refractivity (Wildman–Crippen MR) is 84.0 cm³/mol. The predicted octanol–water partition coefficient (Wildman–Crippen LogP) is 5.52. The van der Waals surface area contributed by atoms with Gasteiger partial charge in [-0.1, -0.05) is 47.0 Å². The van der Waals surface area contributed by atoms with E-state index in [1.54, 1.807) is 0 Å². The maximum atomic E-state index is 11.8. The van der Waals surface area contributed by atoms with Crippen molar-refractivity contribution in [3.8, 4) is 0 Å². The van der Waals surface area contributed by atoms with E-state index in [0.717, 1.165) is 0 Å². The molecule has 0 N–H and O–H groups in total. The minimum atomic E-state index is -1.34. The molecule has 1 amide bonds. The van der Waals surface area contributed by atoms with Crippen molar-refractivity contribution in [2.24, 2.45) is 4.74 Å². The van der Waals surface area contributed by atoms with E-state index in [0.29, 0.717) is 6.42 Å². The monoisotopic (exact) mass is 273 g/mol. The van der Waals surface area contributed by atoms with Crippen LogP contribution in [0, 0.1) is 0 Å². The molecule has 2 nitrogen and oxygen atoms in total. The van der Waals surface area contributed by atoms with Crippen LogP contribution in [0.5, 0.6) is 0 Å². The maximum absolute atomic E-state index is 11.8. The van der Waals surface area contributed by atoms with Crippen LogP contribution in [-0.2, 0) is 4.79 Å². The molecule has 0 aromatic carbocycles. The van der Waals surface area contributed by atoms with Crippen molar-refractivity contribution >= 4 is 13.0 Å². The van der Waals surface area contributed by atoms with Gasteiger partial charge in [0.05, 0.1) is 0 Å². The number of amides is 1. The van der Waals surface area contributed by atoms with Crippen LogP contribution in [-0.4, -0.2) is 24.4 Å². The Bertz CT molecular complexity index is 245. The highest BCUT2D eigenvalue weighted by atomic mass is 31.2. The van der Waals surface area contributed by atoms with Crippen molar-refractivity contribution in [1.29, 1.82) is 0 Å². The van der Waals surface area contributed by atoms with Crippen molar-refractivity contribution < 1.29 is 4.79 Å². The Morgan fingerprint density at radius 2 is 1.22 bits per heavy atom. The molecule has 0 aliphatic carbocycles. The first-order chi connectivity index (χ1) is 8.64. The Kier molecular flexibility index (Phi) is 10.7. The summed E-state index contributed by atoms with van der Waals surface area (Å²) in [5.41, 5.74) is 0.